The molecular weight excluding hydrogens is 258 g/mol. The quantitative estimate of drug-likeness (QED) is 0.380. The number of nitrogens with one attached hydrogen (secondary N) is 2. The third-order valence-corrected chi connectivity index (χ3v) is 3.85. The lowest BCUT2D eigenvalue weighted by Gasteiger charge is -2.15. The molecule has 1 aromatic carbocycles. The van der Waals surface area contributed by atoms with Crippen LogP contribution in [0.3, 0.4) is 0 Å². The van der Waals surface area contributed by atoms with Gasteiger partial charge in [-0.05, 0) is 25.5 Å². The number of hydrogen-bond acceptors (Lipinski definition) is 5. The number of hydrogen-bond donors (Lipinski definition) is 4. The number of sulfonamides is 1. The zero-order valence-electron chi connectivity index (χ0n) is 9.80. The van der Waals surface area contributed by atoms with Crippen molar-refractivity contribution in [2.24, 2.45) is 5.73 Å². The van der Waals surface area contributed by atoms with Crippen LogP contribution >= 0.6 is 0 Å². The van der Waals surface area contributed by atoms with Gasteiger partial charge in [-0.1, -0.05) is 12.1 Å². The van der Waals surface area contributed by atoms with E-state index in [1.807, 2.05) is 0 Å². The number of nitrogens with two attached hydrogens (primary N) is 1. The molecule has 0 aliphatic carbocycles. The van der Waals surface area contributed by atoms with Gasteiger partial charge in [0.15, 0.2) is 5.69 Å². The Balaban J connectivity index is 2.85. The summed E-state index contributed by atoms with van der Waals surface area (Å²) in [5.74, 6) is 0. The lowest BCUT2D eigenvalue weighted by molar-refractivity contribution is -0.992. The molecule has 0 aliphatic heterocycles. The normalized spacial score (nSPS) is 13.5. The number of para-hydroxylation sites is 1. The van der Waals surface area contributed by atoms with Gasteiger partial charge in [-0.15, -0.1) is 0 Å². The number of benzene rings is 1. The first-order valence-corrected chi connectivity index (χ1v) is 6.99. The SMILES string of the molecule is NCCCCNS(=O)(=O)c1ccccc1[NH+]([O-])O. The van der Waals surface area contributed by atoms with Crippen LogP contribution in [-0.4, -0.2) is 26.7 Å². The molecule has 0 saturated heterocycles. The lowest BCUT2D eigenvalue weighted by atomic mass is 10.3. The summed E-state index contributed by atoms with van der Waals surface area (Å²) in [6, 6.07) is 5.50. The molecule has 8 heteroatoms. The van der Waals surface area contributed by atoms with Crippen LogP contribution in [0.15, 0.2) is 29.2 Å². The molecule has 0 aromatic heterocycles. The van der Waals surface area contributed by atoms with Gasteiger partial charge in [-0.3, -0.25) is 0 Å². The monoisotopic (exact) mass is 275 g/mol. The zero-order chi connectivity index (χ0) is 13.6. The van der Waals surface area contributed by atoms with Crippen molar-refractivity contribution in [1.29, 1.82) is 0 Å². The van der Waals surface area contributed by atoms with Crippen LogP contribution < -0.4 is 15.7 Å². The Kier molecular flexibility index (Phi) is 5.66. The van der Waals surface area contributed by atoms with Crippen LogP contribution in [0.5, 0.6) is 0 Å². The highest BCUT2D eigenvalue weighted by Crippen LogP contribution is 2.16. The Morgan fingerprint density at radius 1 is 1.33 bits per heavy atom. The van der Waals surface area contributed by atoms with Crippen LogP contribution in [0.2, 0.25) is 0 Å². The minimum atomic E-state index is -3.79. The molecule has 0 heterocycles. The van der Waals surface area contributed by atoms with Crippen LogP contribution in [0.25, 0.3) is 0 Å². The summed E-state index contributed by atoms with van der Waals surface area (Å²) in [5.41, 5.74) is 5.07. The summed E-state index contributed by atoms with van der Waals surface area (Å²) in [4.78, 5) is -0.217. The largest absolute Gasteiger partial charge is 0.595 e. The number of rotatable bonds is 7. The van der Waals surface area contributed by atoms with Crippen molar-refractivity contribution in [2.45, 2.75) is 17.7 Å². The van der Waals surface area contributed by atoms with Crippen molar-refractivity contribution in [2.75, 3.05) is 13.1 Å². The smallest absolute Gasteiger partial charge is 0.246 e. The number of unbranched alkanes of at least 4 members (excludes halogenated alkanes) is 1. The highest BCUT2D eigenvalue weighted by atomic mass is 32.2. The molecule has 0 radical (unpaired) electrons. The van der Waals surface area contributed by atoms with Crippen molar-refractivity contribution in [3.63, 3.8) is 0 Å². The summed E-state index contributed by atoms with van der Waals surface area (Å²) in [6.07, 6.45) is 1.33. The molecule has 7 nitrogen and oxygen atoms in total. The van der Waals surface area contributed by atoms with Crippen molar-refractivity contribution in [3.05, 3.63) is 29.5 Å². The second-order valence-electron chi connectivity index (χ2n) is 3.69. The van der Waals surface area contributed by atoms with E-state index in [0.29, 0.717) is 19.4 Å². The molecule has 0 amide bonds. The molecule has 18 heavy (non-hydrogen) atoms. The molecule has 5 N–H and O–H groups in total. The Morgan fingerprint density at radius 3 is 2.61 bits per heavy atom. The Morgan fingerprint density at radius 2 is 2.00 bits per heavy atom. The fourth-order valence-electron chi connectivity index (χ4n) is 1.43. The first-order valence-electron chi connectivity index (χ1n) is 5.51. The lowest BCUT2D eigenvalue weighted by Crippen LogP contribution is -2.99. The zero-order valence-corrected chi connectivity index (χ0v) is 10.6. The minimum absolute atomic E-state index is 0.217. The summed E-state index contributed by atoms with van der Waals surface area (Å²) in [6.45, 7) is 0.737. The van der Waals surface area contributed by atoms with E-state index in [-0.39, 0.29) is 17.1 Å². The van der Waals surface area contributed by atoms with Gasteiger partial charge in [0, 0.05) is 12.6 Å². The van der Waals surface area contributed by atoms with E-state index in [2.05, 4.69) is 4.72 Å². The average molecular weight is 275 g/mol. The second kappa shape index (κ2) is 6.78. The van der Waals surface area contributed by atoms with Gasteiger partial charge in [0.2, 0.25) is 10.0 Å². The molecule has 0 bridgehead atoms. The molecule has 0 spiro atoms. The van der Waals surface area contributed by atoms with Crippen molar-refractivity contribution >= 4 is 15.7 Å². The predicted molar refractivity (Wildman–Crippen MR) is 65.7 cm³/mol. The summed E-state index contributed by atoms with van der Waals surface area (Å²) < 4.78 is 26.2. The Labute approximate surface area is 106 Å². The molecule has 102 valence electrons. The highest BCUT2D eigenvalue weighted by molar-refractivity contribution is 7.89. The topological polar surface area (TPSA) is 120 Å². The fourth-order valence-corrected chi connectivity index (χ4v) is 2.70. The van der Waals surface area contributed by atoms with Gasteiger partial charge in [0.1, 0.15) is 4.90 Å². The average Bonchev–Trinajstić information content (AvgIpc) is 2.35. The van der Waals surface area contributed by atoms with E-state index in [1.165, 1.54) is 24.3 Å². The van der Waals surface area contributed by atoms with Crippen molar-refractivity contribution < 1.29 is 18.9 Å². The summed E-state index contributed by atoms with van der Waals surface area (Å²) in [7, 11) is -3.79. The van der Waals surface area contributed by atoms with Gasteiger partial charge in [-0.25, -0.2) is 18.3 Å². The van der Waals surface area contributed by atoms with Crippen LogP contribution in [-0.2, 0) is 10.0 Å². The van der Waals surface area contributed by atoms with Gasteiger partial charge in [0.05, 0.1) is 0 Å². The van der Waals surface area contributed by atoms with E-state index in [0.717, 1.165) is 0 Å². The third-order valence-electron chi connectivity index (χ3n) is 2.33. The van der Waals surface area contributed by atoms with Crippen molar-refractivity contribution in [3.8, 4) is 0 Å². The van der Waals surface area contributed by atoms with Gasteiger partial charge in [0.25, 0.3) is 0 Å². The standard InChI is InChI=1S/C10H17N3O4S/c11-7-3-4-8-12-18(16,17)10-6-2-1-5-9(10)13(14)15/h1-2,5-6,12-14H,3-4,7-8,11H2. The second-order valence-corrected chi connectivity index (χ2v) is 5.43. The van der Waals surface area contributed by atoms with E-state index in [1.54, 1.807) is 0 Å². The minimum Gasteiger partial charge on any atom is -0.595 e. The van der Waals surface area contributed by atoms with Crippen LogP contribution in [0.1, 0.15) is 12.8 Å². The molecule has 0 saturated carbocycles. The van der Waals surface area contributed by atoms with Crippen LogP contribution in [0.4, 0.5) is 5.69 Å². The molecular formula is C10H17N3O4S. The van der Waals surface area contributed by atoms with E-state index < -0.39 is 15.2 Å². The predicted octanol–water partition coefficient (Wildman–Crippen LogP) is -0.893. The molecule has 0 aliphatic rings. The Hall–Kier alpha value is -1.03. The van der Waals surface area contributed by atoms with E-state index >= 15 is 0 Å². The maximum atomic E-state index is 11.9. The molecule has 1 rings (SSSR count). The maximum Gasteiger partial charge on any atom is 0.246 e. The molecule has 1 atom stereocenters. The third kappa shape index (κ3) is 4.02. The molecule has 0 fully saturated rings. The van der Waals surface area contributed by atoms with Crippen molar-refractivity contribution in [1.82, 2.24) is 4.72 Å². The van der Waals surface area contributed by atoms with E-state index in [4.69, 9.17) is 10.9 Å². The van der Waals surface area contributed by atoms with Gasteiger partial charge >= 0.3 is 0 Å². The van der Waals surface area contributed by atoms with Gasteiger partial charge in [-0.2, -0.15) is 5.23 Å². The maximum absolute atomic E-state index is 11.9. The van der Waals surface area contributed by atoms with Crippen LogP contribution in [0, 0.1) is 5.21 Å². The molecule has 1 unspecified atom stereocenters. The number of quaternary nitrogens is 1. The Bertz CT molecular complexity index is 476. The first-order chi connectivity index (χ1) is 8.49. The fraction of sp³-hybridized carbons (Fsp3) is 0.400. The first kappa shape index (κ1) is 15.0. The summed E-state index contributed by atoms with van der Waals surface area (Å²) >= 11 is 0. The highest BCUT2D eigenvalue weighted by Gasteiger charge is 2.21. The van der Waals surface area contributed by atoms with Gasteiger partial charge < -0.3 is 10.9 Å². The molecule has 1 aromatic rings. The van der Waals surface area contributed by atoms with E-state index in [9.17, 15) is 13.6 Å². The summed E-state index contributed by atoms with van der Waals surface area (Å²) in [5, 5.41) is 18.6.